The van der Waals surface area contributed by atoms with E-state index < -0.39 is 33.1 Å². The Kier molecular flexibility index (Phi) is 7.45. The lowest BCUT2D eigenvalue weighted by Gasteiger charge is -2.30. The molecule has 0 radical (unpaired) electrons. The molecule has 158 valence electrons. The standard InChI is InChI=1S/C15H20N6O8/c1-2-3-10-28-15(22)17-6-8-18(9-7-17)21(27)16-29-14-5-4-12(19(23)24)11-13(14)20(25)26/h4-5,11H,2-3,6-10H2,1H3/b21-16-. The average molecular weight is 412 g/mol. The summed E-state index contributed by atoms with van der Waals surface area (Å²) in [6, 6.07) is 2.69. The van der Waals surface area contributed by atoms with Gasteiger partial charge in [0.15, 0.2) is 0 Å². The largest absolute Gasteiger partial charge is 0.569 e. The average Bonchev–Trinajstić information content (AvgIpc) is 2.71. The Bertz CT molecular complexity index is 793. The van der Waals surface area contributed by atoms with E-state index in [0.29, 0.717) is 12.7 Å². The van der Waals surface area contributed by atoms with Gasteiger partial charge in [0.1, 0.15) is 0 Å². The molecule has 0 atom stereocenters. The maximum absolute atomic E-state index is 12.1. The smallest absolute Gasteiger partial charge is 0.409 e. The van der Waals surface area contributed by atoms with Gasteiger partial charge in [0.25, 0.3) is 5.69 Å². The number of piperazine rings is 1. The van der Waals surface area contributed by atoms with Crippen LogP contribution in [-0.4, -0.2) is 63.6 Å². The van der Waals surface area contributed by atoms with Gasteiger partial charge < -0.3 is 14.8 Å². The number of ether oxygens (including phenoxy) is 1. The summed E-state index contributed by atoms with van der Waals surface area (Å²) < 4.78 is 5.10. The van der Waals surface area contributed by atoms with E-state index in [-0.39, 0.29) is 31.1 Å². The second kappa shape index (κ2) is 10.0. The van der Waals surface area contributed by atoms with Crippen LogP contribution in [0, 0.1) is 25.4 Å². The Hall–Kier alpha value is -3.71. The summed E-state index contributed by atoms with van der Waals surface area (Å²) in [5, 5.41) is 38.3. The van der Waals surface area contributed by atoms with Crippen LogP contribution in [0.15, 0.2) is 23.5 Å². The van der Waals surface area contributed by atoms with Crippen molar-refractivity contribution in [1.29, 1.82) is 0 Å². The molecule has 0 unspecified atom stereocenters. The number of rotatable bonds is 8. The van der Waals surface area contributed by atoms with Gasteiger partial charge in [0.05, 0.1) is 40.6 Å². The number of carbonyl (C=O) groups is 1. The Morgan fingerprint density at radius 1 is 1.14 bits per heavy atom. The quantitative estimate of drug-likeness (QED) is 0.204. The van der Waals surface area contributed by atoms with Crippen LogP contribution in [0.25, 0.3) is 0 Å². The maximum atomic E-state index is 12.1. The zero-order chi connectivity index (χ0) is 21.4. The van der Waals surface area contributed by atoms with Gasteiger partial charge in [-0.15, -0.1) is 5.01 Å². The van der Waals surface area contributed by atoms with Crippen LogP contribution in [0.5, 0.6) is 5.75 Å². The molecule has 1 aromatic carbocycles. The number of hydrogen-bond donors (Lipinski definition) is 0. The summed E-state index contributed by atoms with van der Waals surface area (Å²) in [7, 11) is 0. The highest BCUT2D eigenvalue weighted by Crippen LogP contribution is 2.31. The Morgan fingerprint density at radius 2 is 1.83 bits per heavy atom. The molecule has 1 aliphatic rings. The molecule has 0 aliphatic carbocycles. The van der Waals surface area contributed by atoms with Crippen LogP contribution < -0.4 is 4.84 Å². The minimum absolute atomic E-state index is 0.116. The molecule has 1 amide bonds. The number of carbonyl (C=O) groups excluding carboxylic acids is 1. The van der Waals surface area contributed by atoms with E-state index in [1.165, 1.54) is 9.91 Å². The van der Waals surface area contributed by atoms with E-state index in [4.69, 9.17) is 9.57 Å². The molecule has 1 aromatic rings. The summed E-state index contributed by atoms with van der Waals surface area (Å²) in [6.07, 6.45) is 1.22. The molecular formula is C15H20N6O8. The van der Waals surface area contributed by atoms with E-state index in [1.54, 1.807) is 0 Å². The summed E-state index contributed by atoms with van der Waals surface area (Å²) >= 11 is 0. The Morgan fingerprint density at radius 3 is 2.41 bits per heavy atom. The molecule has 0 saturated carbocycles. The summed E-state index contributed by atoms with van der Waals surface area (Å²) in [5.41, 5.74) is -1.19. The molecule has 1 aliphatic heterocycles. The number of benzene rings is 1. The lowest BCUT2D eigenvalue weighted by atomic mass is 10.2. The van der Waals surface area contributed by atoms with Crippen molar-refractivity contribution in [2.45, 2.75) is 19.8 Å². The molecule has 1 heterocycles. The maximum Gasteiger partial charge on any atom is 0.409 e. The number of hydrogen-bond acceptors (Lipinski definition) is 9. The fourth-order valence-electron chi connectivity index (χ4n) is 2.41. The van der Waals surface area contributed by atoms with Crippen molar-refractivity contribution in [3.8, 4) is 5.75 Å². The molecule has 14 nitrogen and oxygen atoms in total. The fraction of sp³-hybridized carbons (Fsp3) is 0.533. The van der Waals surface area contributed by atoms with Crippen LogP contribution in [0.3, 0.4) is 0 Å². The minimum Gasteiger partial charge on any atom is -0.569 e. The molecule has 1 saturated heterocycles. The molecule has 0 spiro atoms. The lowest BCUT2D eigenvalue weighted by Crippen LogP contribution is -2.50. The Labute approximate surface area is 164 Å². The number of hydrazine groups is 1. The first-order valence-corrected chi connectivity index (χ1v) is 8.78. The number of unbranched alkanes of at least 4 members (excludes halogenated alkanes) is 1. The van der Waals surface area contributed by atoms with Crippen LogP contribution in [0.2, 0.25) is 0 Å². The third-order valence-corrected chi connectivity index (χ3v) is 4.04. The van der Waals surface area contributed by atoms with E-state index in [0.717, 1.165) is 25.0 Å². The van der Waals surface area contributed by atoms with Crippen molar-refractivity contribution in [1.82, 2.24) is 9.91 Å². The molecule has 2 rings (SSSR count). The van der Waals surface area contributed by atoms with E-state index in [9.17, 15) is 30.2 Å². The zero-order valence-corrected chi connectivity index (χ0v) is 15.6. The van der Waals surface area contributed by atoms with Gasteiger partial charge in [-0.25, -0.2) is 4.79 Å². The predicted molar refractivity (Wildman–Crippen MR) is 95.8 cm³/mol. The first kappa shape index (κ1) is 21.6. The zero-order valence-electron chi connectivity index (χ0n) is 15.6. The monoisotopic (exact) mass is 412 g/mol. The summed E-state index contributed by atoms with van der Waals surface area (Å²) in [4.78, 5) is 38.4. The molecule has 0 N–H and O–H groups in total. The number of non-ortho nitro benzene ring substituents is 1. The van der Waals surface area contributed by atoms with Crippen molar-refractivity contribution in [3.63, 3.8) is 0 Å². The van der Waals surface area contributed by atoms with Gasteiger partial charge >= 0.3 is 11.8 Å². The van der Waals surface area contributed by atoms with Crippen LogP contribution >= 0.6 is 0 Å². The van der Waals surface area contributed by atoms with Crippen molar-refractivity contribution < 1.29 is 29.2 Å². The van der Waals surface area contributed by atoms with Gasteiger partial charge in [-0.1, -0.05) is 13.3 Å². The van der Waals surface area contributed by atoms with Crippen molar-refractivity contribution in [2.24, 2.45) is 5.28 Å². The highest BCUT2D eigenvalue weighted by molar-refractivity contribution is 5.67. The van der Waals surface area contributed by atoms with E-state index in [1.807, 2.05) is 6.92 Å². The summed E-state index contributed by atoms with van der Waals surface area (Å²) in [6.45, 7) is 3.09. The molecule has 1 fully saturated rings. The second-order valence-electron chi connectivity index (χ2n) is 6.00. The molecule has 0 bridgehead atoms. The Balaban J connectivity index is 1.95. The van der Waals surface area contributed by atoms with Crippen LogP contribution in [-0.2, 0) is 4.74 Å². The predicted octanol–water partition coefficient (Wildman–Crippen LogP) is 2.23. The van der Waals surface area contributed by atoms with Gasteiger partial charge in [-0.2, -0.15) is 0 Å². The highest BCUT2D eigenvalue weighted by Gasteiger charge is 2.27. The van der Waals surface area contributed by atoms with Crippen LogP contribution in [0.4, 0.5) is 16.2 Å². The second-order valence-corrected chi connectivity index (χ2v) is 6.00. The van der Waals surface area contributed by atoms with Crippen molar-refractivity contribution in [3.05, 3.63) is 43.6 Å². The topological polar surface area (TPSA) is 167 Å². The van der Waals surface area contributed by atoms with E-state index >= 15 is 0 Å². The molecule has 0 aromatic heterocycles. The molecule has 14 heteroatoms. The fourth-order valence-corrected chi connectivity index (χ4v) is 2.41. The third-order valence-electron chi connectivity index (χ3n) is 4.04. The SMILES string of the molecule is CCCCOC(=O)N1CCN(/[N+]([O-])=N/Oc2ccc([N+](=O)[O-])cc2[N+](=O)[O-])CC1. The van der Waals surface area contributed by atoms with Gasteiger partial charge in [0, 0.05) is 19.2 Å². The van der Waals surface area contributed by atoms with Gasteiger partial charge in [-0.05, 0) is 12.5 Å². The summed E-state index contributed by atoms with van der Waals surface area (Å²) in [5.74, 6) is -0.417. The first-order chi connectivity index (χ1) is 13.8. The third kappa shape index (κ3) is 5.88. The highest BCUT2D eigenvalue weighted by atomic mass is 16.7. The van der Waals surface area contributed by atoms with Gasteiger partial charge in [-0.3, -0.25) is 25.1 Å². The lowest BCUT2D eigenvalue weighted by molar-refractivity contribution is -0.708. The number of nitro benzene ring substituents is 2. The number of amides is 1. The molecular weight excluding hydrogens is 392 g/mol. The van der Waals surface area contributed by atoms with Crippen LogP contribution in [0.1, 0.15) is 19.8 Å². The van der Waals surface area contributed by atoms with Crippen molar-refractivity contribution in [2.75, 3.05) is 32.8 Å². The van der Waals surface area contributed by atoms with Gasteiger partial charge in [0.2, 0.25) is 11.0 Å². The van der Waals surface area contributed by atoms with Crippen molar-refractivity contribution >= 4 is 17.5 Å². The molecule has 29 heavy (non-hydrogen) atoms. The number of nitro groups is 2. The minimum atomic E-state index is -0.879. The number of nitrogens with zero attached hydrogens (tertiary/aromatic N) is 6. The van der Waals surface area contributed by atoms with E-state index in [2.05, 4.69) is 5.28 Å². The first-order valence-electron chi connectivity index (χ1n) is 8.78. The normalized spacial score (nSPS) is 14.4.